The minimum Gasteiger partial charge on any atom is -0.493 e. The molecule has 6 heteroatoms. The van der Waals surface area contributed by atoms with Crippen LogP contribution in [0.1, 0.15) is 16.7 Å². The molecule has 3 aromatic carbocycles. The Hall–Kier alpha value is -1.91. The molecule has 0 aliphatic heterocycles. The van der Waals surface area contributed by atoms with E-state index in [1.54, 1.807) is 7.11 Å². The van der Waals surface area contributed by atoms with Crippen LogP contribution in [0, 0.1) is 0 Å². The molecule has 3 rings (SSSR count). The molecule has 0 saturated carbocycles. The van der Waals surface area contributed by atoms with E-state index in [0.717, 1.165) is 21.7 Å². The molecule has 3 aromatic rings. The maximum atomic E-state index is 6.18. The molecule has 3 nitrogen and oxygen atoms in total. The summed E-state index contributed by atoms with van der Waals surface area (Å²) in [5.74, 6) is 1.38. The summed E-state index contributed by atoms with van der Waals surface area (Å²) in [7, 11) is 1.64. The van der Waals surface area contributed by atoms with Crippen LogP contribution in [-0.4, -0.2) is 7.11 Å². The van der Waals surface area contributed by atoms with E-state index in [4.69, 9.17) is 32.7 Å². The van der Waals surface area contributed by atoms with Gasteiger partial charge in [0.2, 0.25) is 0 Å². The highest BCUT2D eigenvalue weighted by Crippen LogP contribution is 2.29. The monoisotopic (exact) mass is 437 g/mol. The molecule has 0 unspecified atom stereocenters. The summed E-state index contributed by atoms with van der Waals surface area (Å²) in [6, 6.07) is 21.4. The molecule has 0 saturated heterocycles. The predicted octanol–water partition coefficient (Wildman–Crippen LogP) is 6.29. The minimum absolute atomic E-state index is 0. The number of nitrogens with one attached hydrogen (secondary N) is 1. The fraction of sp³-hybridized carbons (Fsp3) is 0.182. The molecule has 0 aromatic heterocycles. The predicted molar refractivity (Wildman–Crippen MR) is 118 cm³/mol. The molecule has 0 aliphatic carbocycles. The molecule has 0 bridgehead atoms. The largest absolute Gasteiger partial charge is 0.493 e. The first kappa shape index (κ1) is 22.4. The Kier molecular flexibility index (Phi) is 8.94. The smallest absolute Gasteiger partial charge is 0.161 e. The second-order valence-corrected chi connectivity index (χ2v) is 6.87. The van der Waals surface area contributed by atoms with Gasteiger partial charge in [0.25, 0.3) is 0 Å². The van der Waals surface area contributed by atoms with Crippen molar-refractivity contribution in [3.05, 3.63) is 93.5 Å². The van der Waals surface area contributed by atoms with Crippen LogP contribution < -0.4 is 14.8 Å². The average Bonchev–Trinajstić information content (AvgIpc) is 2.69. The van der Waals surface area contributed by atoms with Gasteiger partial charge in [-0.3, -0.25) is 0 Å². The molecule has 0 radical (unpaired) electrons. The van der Waals surface area contributed by atoms with Crippen molar-refractivity contribution < 1.29 is 9.47 Å². The Balaban J connectivity index is 0.00000280. The van der Waals surface area contributed by atoms with Crippen LogP contribution in [0.3, 0.4) is 0 Å². The third kappa shape index (κ3) is 6.05. The van der Waals surface area contributed by atoms with Crippen molar-refractivity contribution in [2.45, 2.75) is 19.7 Å². The van der Waals surface area contributed by atoms with Gasteiger partial charge in [-0.25, -0.2) is 0 Å². The van der Waals surface area contributed by atoms with Gasteiger partial charge in [0.05, 0.1) is 7.11 Å². The average molecular weight is 439 g/mol. The second kappa shape index (κ2) is 11.2. The first-order valence-corrected chi connectivity index (χ1v) is 9.40. The van der Waals surface area contributed by atoms with E-state index in [1.807, 2.05) is 66.7 Å². The molecule has 28 heavy (non-hydrogen) atoms. The molecule has 1 N–H and O–H groups in total. The minimum atomic E-state index is 0. The van der Waals surface area contributed by atoms with Gasteiger partial charge >= 0.3 is 0 Å². The summed E-state index contributed by atoms with van der Waals surface area (Å²) in [6.07, 6.45) is 0. The van der Waals surface area contributed by atoms with E-state index in [2.05, 4.69) is 5.32 Å². The van der Waals surface area contributed by atoms with Crippen molar-refractivity contribution in [1.29, 1.82) is 0 Å². The Morgan fingerprint density at radius 3 is 2.07 bits per heavy atom. The van der Waals surface area contributed by atoms with Crippen LogP contribution in [0.5, 0.6) is 11.5 Å². The van der Waals surface area contributed by atoms with Crippen molar-refractivity contribution in [2.24, 2.45) is 0 Å². The Labute approximate surface area is 182 Å². The van der Waals surface area contributed by atoms with E-state index in [9.17, 15) is 0 Å². The number of rotatable bonds is 8. The lowest BCUT2D eigenvalue weighted by Crippen LogP contribution is -2.13. The normalized spacial score (nSPS) is 10.2. The number of ether oxygens (including phenoxy) is 2. The van der Waals surface area contributed by atoms with Crippen LogP contribution >= 0.6 is 35.6 Å². The Bertz CT molecular complexity index is 902. The second-order valence-electron chi connectivity index (χ2n) is 6.06. The fourth-order valence-electron chi connectivity index (χ4n) is 2.70. The number of methoxy groups -OCH3 is 1. The molecular weight excluding hydrogens is 417 g/mol. The van der Waals surface area contributed by atoms with Gasteiger partial charge in [0.1, 0.15) is 6.61 Å². The third-order valence-electron chi connectivity index (χ3n) is 4.17. The summed E-state index contributed by atoms with van der Waals surface area (Å²) in [6.45, 7) is 1.79. The summed E-state index contributed by atoms with van der Waals surface area (Å²) in [4.78, 5) is 0. The molecule has 0 spiro atoms. The highest BCUT2D eigenvalue weighted by Gasteiger charge is 2.08. The molecule has 148 valence electrons. The Morgan fingerprint density at radius 1 is 0.786 bits per heavy atom. The molecule has 0 amide bonds. The van der Waals surface area contributed by atoms with Gasteiger partial charge in [0, 0.05) is 28.7 Å². The summed E-state index contributed by atoms with van der Waals surface area (Å²) in [5.41, 5.74) is 3.11. The van der Waals surface area contributed by atoms with Crippen LogP contribution in [0.4, 0.5) is 0 Å². The van der Waals surface area contributed by atoms with E-state index in [0.29, 0.717) is 36.2 Å². The zero-order valence-electron chi connectivity index (χ0n) is 15.5. The van der Waals surface area contributed by atoms with Crippen LogP contribution in [0.25, 0.3) is 0 Å². The maximum Gasteiger partial charge on any atom is 0.161 e. The van der Waals surface area contributed by atoms with Crippen LogP contribution in [-0.2, 0) is 19.7 Å². The highest BCUT2D eigenvalue weighted by atomic mass is 35.5. The molecule has 0 fully saturated rings. The number of hydrogen-bond acceptors (Lipinski definition) is 3. The lowest BCUT2D eigenvalue weighted by atomic mass is 10.2. The zero-order chi connectivity index (χ0) is 19.1. The van der Waals surface area contributed by atoms with Gasteiger partial charge in [0.15, 0.2) is 11.5 Å². The van der Waals surface area contributed by atoms with Crippen LogP contribution in [0.2, 0.25) is 10.0 Å². The van der Waals surface area contributed by atoms with Crippen molar-refractivity contribution in [3.63, 3.8) is 0 Å². The van der Waals surface area contributed by atoms with Gasteiger partial charge in [-0.05, 0) is 35.4 Å². The molecule has 0 aliphatic rings. The Morgan fingerprint density at radius 2 is 1.43 bits per heavy atom. The maximum absolute atomic E-state index is 6.18. The van der Waals surface area contributed by atoms with Gasteiger partial charge in [-0.2, -0.15) is 0 Å². The van der Waals surface area contributed by atoms with Crippen LogP contribution in [0.15, 0.2) is 66.7 Å². The highest BCUT2D eigenvalue weighted by molar-refractivity contribution is 6.31. The standard InChI is InChI=1S/C22H21Cl2NO2.ClH/c1-26-22-12-16(13-25-14-17-6-2-4-8-19(17)23)10-11-21(22)27-15-18-7-3-5-9-20(18)24;/h2-12,25H,13-15H2,1H3;1H. The van der Waals surface area contributed by atoms with Gasteiger partial charge in [-0.15, -0.1) is 12.4 Å². The third-order valence-corrected chi connectivity index (χ3v) is 4.91. The summed E-state index contributed by atoms with van der Waals surface area (Å²) >= 11 is 12.4. The van der Waals surface area contributed by atoms with Crippen molar-refractivity contribution in [1.82, 2.24) is 5.32 Å². The fourth-order valence-corrected chi connectivity index (χ4v) is 3.09. The summed E-state index contributed by atoms with van der Waals surface area (Å²) in [5, 5.41) is 4.86. The topological polar surface area (TPSA) is 30.5 Å². The van der Waals surface area contributed by atoms with E-state index < -0.39 is 0 Å². The summed E-state index contributed by atoms with van der Waals surface area (Å²) < 4.78 is 11.4. The molecule has 0 atom stereocenters. The molecular formula is C22H22Cl3NO2. The van der Waals surface area contributed by atoms with Gasteiger partial charge in [-0.1, -0.05) is 65.7 Å². The van der Waals surface area contributed by atoms with E-state index in [1.165, 1.54) is 0 Å². The SMILES string of the molecule is COc1cc(CNCc2ccccc2Cl)ccc1OCc1ccccc1Cl.Cl. The van der Waals surface area contributed by atoms with E-state index in [-0.39, 0.29) is 12.4 Å². The molecule has 0 heterocycles. The lowest BCUT2D eigenvalue weighted by Gasteiger charge is -2.13. The quantitative estimate of drug-likeness (QED) is 0.448. The first-order chi connectivity index (χ1) is 13.2. The number of benzene rings is 3. The van der Waals surface area contributed by atoms with Crippen molar-refractivity contribution in [2.75, 3.05) is 7.11 Å². The van der Waals surface area contributed by atoms with Crippen molar-refractivity contribution in [3.8, 4) is 11.5 Å². The van der Waals surface area contributed by atoms with Gasteiger partial charge < -0.3 is 14.8 Å². The number of hydrogen-bond donors (Lipinski definition) is 1. The number of halogens is 3. The zero-order valence-corrected chi connectivity index (χ0v) is 17.8. The van der Waals surface area contributed by atoms with E-state index >= 15 is 0 Å². The lowest BCUT2D eigenvalue weighted by molar-refractivity contribution is 0.284. The van der Waals surface area contributed by atoms with Crippen molar-refractivity contribution >= 4 is 35.6 Å². The first-order valence-electron chi connectivity index (χ1n) is 8.64.